The van der Waals surface area contributed by atoms with E-state index in [0.29, 0.717) is 5.69 Å². The van der Waals surface area contributed by atoms with Gasteiger partial charge in [0.1, 0.15) is 41.8 Å². The summed E-state index contributed by atoms with van der Waals surface area (Å²) in [6.45, 7) is -1.14. The normalized spacial score (nSPS) is 23.2. The number of benzene rings is 2. The molecule has 1 aliphatic heterocycles. The van der Waals surface area contributed by atoms with Gasteiger partial charge in [0, 0.05) is 12.6 Å². The Balaban J connectivity index is 1.43. The maximum atomic E-state index is 13.2. The van der Waals surface area contributed by atoms with E-state index in [1.54, 1.807) is 6.07 Å². The summed E-state index contributed by atoms with van der Waals surface area (Å²) >= 11 is 0. The fourth-order valence-electron chi connectivity index (χ4n) is 3.99. The number of rotatable bonds is 8. The minimum Gasteiger partial charge on any atom is -0.484 e. The first-order valence-electron chi connectivity index (χ1n) is 11.6. The highest BCUT2D eigenvalue weighted by atomic mass is 19.1. The molecular weight excluding hydrogens is 503 g/mol. The summed E-state index contributed by atoms with van der Waals surface area (Å²) in [4.78, 5) is 26.8. The van der Waals surface area contributed by atoms with Gasteiger partial charge in [-0.1, -0.05) is 12.1 Å². The fraction of sp³-hybridized carbons (Fsp3) is 0.320. The van der Waals surface area contributed by atoms with Crippen LogP contribution in [0.15, 0.2) is 54.7 Å². The van der Waals surface area contributed by atoms with Gasteiger partial charge in [-0.15, -0.1) is 0 Å². The van der Waals surface area contributed by atoms with Crippen LogP contribution >= 0.6 is 0 Å². The summed E-state index contributed by atoms with van der Waals surface area (Å²) < 4.78 is 25.4. The number of ketones is 1. The van der Waals surface area contributed by atoms with E-state index in [0.717, 1.165) is 4.90 Å². The second-order valence-electron chi connectivity index (χ2n) is 8.70. The van der Waals surface area contributed by atoms with Gasteiger partial charge in [-0.3, -0.25) is 9.59 Å². The van der Waals surface area contributed by atoms with Crippen LogP contribution in [0, 0.1) is 5.82 Å². The van der Waals surface area contributed by atoms with E-state index < -0.39 is 61.4 Å². The number of halogens is 1. The van der Waals surface area contributed by atoms with Crippen LogP contribution in [0.25, 0.3) is 5.69 Å². The molecule has 1 aliphatic rings. The van der Waals surface area contributed by atoms with Crippen LogP contribution < -0.4 is 10.5 Å². The molecule has 1 fully saturated rings. The first-order valence-corrected chi connectivity index (χ1v) is 11.6. The molecule has 12 nitrogen and oxygen atoms in total. The highest BCUT2D eigenvalue weighted by Crippen LogP contribution is 2.25. The summed E-state index contributed by atoms with van der Waals surface area (Å²) in [5, 5.41) is 43.5. The number of nitrogens with zero attached hydrogens (tertiary/aromatic N) is 3. The van der Waals surface area contributed by atoms with Crippen molar-refractivity contribution in [1.82, 2.24) is 14.7 Å². The van der Waals surface area contributed by atoms with Crippen LogP contribution in [-0.2, 0) is 9.53 Å². The topological polar surface area (TPSA) is 181 Å². The Kier molecular flexibility index (Phi) is 8.04. The molecule has 1 saturated heterocycles. The van der Waals surface area contributed by atoms with Gasteiger partial charge in [0.15, 0.2) is 18.6 Å². The number of nitrogen functional groups attached to an aromatic ring is 1. The molecule has 2 aromatic carbocycles. The summed E-state index contributed by atoms with van der Waals surface area (Å²) in [5.41, 5.74) is 6.93. The van der Waals surface area contributed by atoms with E-state index in [1.807, 2.05) is 0 Å². The third-order valence-electron chi connectivity index (χ3n) is 6.22. The molecule has 0 aliphatic carbocycles. The number of nitrogens with two attached hydrogens (primary N) is 1. The maximum absolute atomic E-state index is 13.2. The van der Waals surface area contributed by atoms with Crippen molar-refractivity contribution in [2.24, 2.45) is 0 Å². The Morgan fingerprint density at radius 3 is 2.53 bits per heavy atom. The molecule has 0 bridgehead atoms. The minimum absolute atomic E-state index is 0.0595. The van der Waals surface area contributed by atoms with Crippen LogP contribution in [0.5, 0.6) is 5.75 Å². The molecule has 0 spiro atoms. The fourth-order valence-corrected chi connectivity index (χ4v) is 3.99. The summed E-state index contributed by atoms with van der Waals surface area (Å²) in [6, 6.07) is 11.5. The predicted octanol–water partition coefficient (Wildman–Crippen LogP) is -0.538. The van der Waals surface area contributed by atoms with Crippen molar-refractivity contribution in [1.29, 1.82) is 0 Å². The van der Waals surface area contributed by atoms with E-state index in [-0.39, 0.29) is 22.7 Å². The van der Waals surface area contributed by atoms with E-state index in [9.17, 15) is 34.4 Å². The van der Waals surface area contributed by atoms with Crippen molar-refractivity contribution in [2.45, 2.75) is 30.6 Å². The molecule has 1 amide bonds. The Hall–Kier alpha value is -3.88. The van der Waals surface area contributed by atoms with Crippen molar-refractivity contribution in [3.05, 3.63) is 71.7 Å². The van der Waals surface area contributed by atoms with E-state index in [4.69, 9.17) is 15.2 Å². The minimum atomic E-state index is -1.63. The van der Waals surface area contributed by atoms with Gasteiger partial charge in [-0.05, 0) is 36.4 Å². The third-order valence-corrected chi connectivity index (χ3v) is 6.22. The second-order valence-corrected chi connectivity index (χ2v) is 8.70. The highest BCUT2D eigenvalue weighted by molar-refractivity contribution is 6.11. The van der Waals surface area contributed by atoms with Gasteiger partial charge in [0.05, 0.1) is 24.1 Å². The van der Waals surface area contributed by atoms with Crippen LogP contribution in [0.1, 0.15) is 15.9 Å². The first-order chi connectivity index (χ1) is 18.1. The number of carbonyl (C=O) groups is 2. The zero-order chi connectivity index (χ0) is 27.6. The van der Waals surface area contributed by atoms with Gasteiger partial charge < -0.3 is 40.5 Å². The molecule has 202 valence electrons. The molecule has 6 N–H and O–H groups in total. The lowest BCUT2D eigenvalue weighted by Gasteiger charge is -2.43. The largest absolute Gasteiger partial charge is 0.484 e. The van der Waals surface area contributed by atoms with Gasteiger partial charge in [0.2, 0.25) is 0 Å². The lowest BCUT2D eigenvalue weighted by Crippen LogP contribution is -2.63. The SMILES string of the molecule is CN(C(=O)COc1cccc(C(=O)c2cnn(-c3ccc(F)cc3)c2N)c1)C1OC(CO)[C@@H](O)[C@H](O)C1O. The molecule has 0 saturated carbocycles. The van der Waals surface area contributed by atoms with E-state index in [1.165, 1.54) is 60.4 Å². The molecule has 3 aromatic rings. The lowest BCUT2D eigenvalue weighted by atomic mass is 9.98. The van der Waals surface area contributed by atoms with E-state index in [2.05, 4.69) is 5.10 Å². The van der Waals surface area contributed by atoms with Crippen molar-refractivity contribution in [3.8, 4) is 11.4 Å². The molecule has 3 unspecified atom stereocenters. The van der Waals surface area contributed by atoms with Crippen molar-refractivity contribution in [2.75, 3.05) is 26.0 Å². The zero-order valence-electron chi connectivity index (χ0n) is 20.2. The Morgan fingerprint density at radius 2 is 1.84 bits per heavy atom. The molecular formula is C25H27FN4O8. The second kappa shape index (κ2) is 11.2. The molecule has 4 rings (SSSR count). The third kappa shape index (κ3) is 5.37. The van der Waals surface area contributed by atoms with Crippen LogP contribution in [-0.4, -0.2) is 97.7 Å². The van der Waals surface area contributed by atoms with Crippen molar-refractivity contribution >= 4 is 17.5 Å². The number of ether oxygens (including phenoxy) is 2. The quantitative estimate of drug-likeness (QED) is 0.237. The molecule has 2 heterocycles. The van der Waals surface area contributed by atoms with Gasteiger partial charge in [-0.2, -0.15) is 5.10 Å². The van der Waals surface area contributed by atoms with E-state index >= 15 is 0 Å². The number of hydrogen-bond acceptors (Lipinski definition) is 10. The van der Waals surface area contributed by atoms with Gasteiger partial charge in [0.25, 0.3) is 5.91 Å². The number of aliphatic hydroxyl groups is 4. The Morgan fingerprint density at radius 1 is 1.13 bits per heavy atom. The van der Waals surface area contributed by atoms with Crippen LogP contribution in [0.3, 0.4) is 0 Å². The number of aliphatic hydroxyl groups excluding tert-OH is 4. The average molecular weight is 531 g/mol. The number of likely N-dealkylation sites (N-methyl/N-ethyl adjacent to an activating group) is 1. The number of hydrogen-bond donors (Lipinski definition) is 5. The van der Waals surface area contributed by atoms with Crippen LogP contribution in [0.2, 0.25) is 0 Å². The van der Waals surface area contributed by atoms with Gasteiger partial charge in [-0.25, -0.2) is 9.07 Å². The standard InChI is InChI=1S/C25H27FN4O8/c1-29(25-23(36)22(35)21(34)18(11-31)38-25)19(32)12-37-16-4-2-3-13(9-16)20(33)17-10-28-30(24(17)27)15-7-5-14(26)6-8-15/h2-10,18,21-23,25,31,34-36H,11-12,27H2,1H3/t18?,21-,22+,23?,25?/m1/s1. The predicted molar refractivity (Wildman–Crippen MR) is 130 cm³/mol. The number of amides is 1. The average Bonchev–Trinajstić information content (AvgIpc) is 3.31. The number of carbonyl (C=O) groups excluding carboxylic acids is 2. The lowest BCUT2D eigenvalue weighted by molar-refractivity contribution is -0.259. The molecule has 1 aromatic heterocycles. The first kappa shape index (κ1) is 27.2. The molecule has 13 heteroatoms. The maximum Gasteiger partial charge on any atom is 0.262 e. The van der Waals surface area contributed by atoms with Crippen molar-refractivity contribution in [3.63, 3.8) is 0 Å². The Bertz CT molecular complexity index is 1300. The molecule has 38 heavy (non-hydrogen) atoms. The van der Waals surface area contributed by atoms with Crippen LogP contribution in [0.4, 0.5) is 10.2 Å². The van der Waals surface area contributed by atoms with Gasteiger partial charge >= 0.3 is 0 Å². The molecule has 5 atom stereocenters. The highest BCUT2D eigenvalue weighted by Gasteiger charge is 2.46. The monoisotopic (exact) mass is 530 g/mol. The smallest absolute Gasteiger partial charge is 0.262 e. The summed E-state index contributed by atoms with van der Waals surface area (Å²) in [7, 11) is 1.31. The Labute approximate surface area is 216 Å². The number of anilines is 1. The summed E-state index contributed by atoms with van der Waals surface area (Å²) in [6.07, 6.45) is -6.02. The number of aromatic nitrogens is 2. The van der Waals surface area contributed by atoms with Crippen molar-refractivity contribution < 1.29 is 43.9 Å². The summed E-state index contributed by atoms with van der Waals surface area (Å²) in [5.74, 6) is -1.27. The zero-order valence-corrected chi connectivity index (χ0v) is 20.2. The molecule has 0 radical (unpaired) electrons.